The summed E-state index contributed by atoms with van der Waals surface area (Å²) in [7, 11) is 3.61. The molecule has 8 heteroatoms. The van der Waals surface area contributed by atoms with Crippen molar-refractivity contribution in [3.05, 3.63) is 35.7 Å². The van der Waals surface area contributed by atoms with Crippen LogP contribution in [0.4, 0.5) is 0 Å². The molecule has 1 atom stereocenters. The van der Waals surface area contributed by atoms with Crippen LogP contribution >= 0.6 is 11.8 Å². The minimum atomic E-state index is 0.0288. The van der Waals surface area contributed by atoms with Crippen molar-refractivity contribution in [2.45, 2.75) is 43.4 Å². The number of rotatable bonds is 10. The lowest BCUT2D eigenvalue weighted by Crippen LogP contribution is -2.26. The molecule has 3 rings (SSSR count). The first-order chi connectivity index (χ1) is 13.7. The van der Waals surface area contributed by atoms with Gasteiger partial charge in [0.25, 0.3) is 0 Å². The van der Waals surface area contributed by atoms with Crippen molar-refractivity contribution in [1.82, 2.24) is 20.1 Å². The third-order valence-corrected chi connectivity index (χ3v) is 5.98. The van der Waals surface area contributed by atoms with Crippen molar-refractivity contribution < 1.29 is 14.3 Å². The molecule has 1 fully saturated rings. The summed E-state index contributed by atoms with van der Waals surface area (Å²) in [6, 6.07) is 7.78. The van der Waals surface area contributed by atoms with Crippen LogP contribution in [-0.4, -0.2) is 52.8 Å². The number of hydrogen-bond donors (Lipinski definition) is 1. The molecule has 0 aliphatic carbocycles. The average molecular weight is 405 g/mol. The molecule has 0 bridgehead atoms. The summed E-state index contributed by atoms with van der Waals surface area (Å²) in [5, 5.41) is 12.4. The number of aryl methyl sites for hydroxylation is 1. The van der Waals surface area contributed by atoms with Gasteiger partial charge in [0.2, 0.25) is 5.91 Å². The molecule has 1 amide bonds. The van der Waals surface area contributed by atoms with Crippen molar-refractivity contribution in [2.24, 2.45) is 7.05 Å². The second kappa shape index (κ2) is 10.5. The highest BCUT2D eigenvalue weighted by Gasteiger charge is 2.18. The number of amides is 1. The monoisotopic (exact) mass is 404 g/mol. The number of methoxy groups -OCH3 is 1. The fourth-order valence-corrected chi connectivity index (χ4v) is 4.19. The predicted molar refractivity (Wildman–Crippen MR) is 109 cm³/mol. The lowest BCUT2D eigenvalue weighted by molar-refractivity contribution is -0.121. The van der Waals surface area contributed by atoms with Crippen LogP contribution in [0.1, 0.15) is 30.7 Å². The molecule has 1 aromatic heterocycles. The Balaban J connectivity index is 1.39. The zero-order chi connectivity index (χ0) is 19.8. The summed E-state index contributed by atoms with van der Waals surface area (Å²) < 4.78 is 13.0. The molecule has 28 heavy (non-hydrogen) atoms. The van der Waals surface area contributed by atoms with Gasteiger partial charge in [0.1, 0.15) is 11.6 Å². The summed E-state index contributed by atoms with van der Waals surface area (Å²) in [6.45, 7) is 1.42. The van der Waals surface area contributed by atoms with Crippen molar-refractivity contribution in [3.8, 4) is 5.75 Å². The molecule has 0 saturated carbocycles. The van der Waals surface area contributed by atoms with Gasteiger partial charge in [-0.2, -0.15) is 0 Å². The molecule has 1 saturated heterocycles. The van der Waals surface area contributed by atoms with E-state index in [1.54, 1.807) is 18.9 Å². The van der Waals surface area contributed by atoms with Crippen LogP contribution in [0.5, 0.6) is 5.75 Å². The maximum atomic E-state index is 12.1. The van der Waals surface area contributed by atoms with E-state index in [-0.39, 0.29) is 5.91 Å². The normalized spacial score (nSPS) is 16.3. The smallest absolute Gasteiger partial charge is 0.220 e. The summed E-state index contributed by atoms with van der Waals surface area (Å²) in [6.07, 6.45) is 4.34. The Bertz CT molecular complexity index is 775. The molecule has 0 unspecified atom stereocenters. The summed E-state index contributed by atoms with van der Waals surface area (Å²) >= 11 is 1.68. The topological polar surface area (TPSA) is 78.3 Å². The summed E-state index contributed by atoms with van der Waals surface area (Å²) in [5.41, 5.74) is 1.04. The SMILES string of the molecule is COc1ccccc1CCC(=O)NCCc1nnc(SC[C@H]2CCCO2)n1C. The molecule has 7 nitrogen and oxygen atoms in total. The highest BCUT2D eigenvalue weighted by molar-refractivity contribution is 7.99. The number of nitrogens with zero attached hydrogens (tertiary/aromatic N) is 3. The number of para-hydroxylation sites is 1. The minimum Gasteiger partial charge on any atom is -0.496 e. The van der Waals surface area contributed by atoms with Crippen molar-refractivity contribution >= 4 is 17.7 Å². The summed E-state index contributed by atoms with van der Waals surface area (Å²) in [4.78, 5) is 12.1. The van der Waals surface area contributed by atoms with E-state index in [1.807, 2.05) is 35.9 Å². The number of benzene rings is 1. The third kappa shape index (κ3) is 5.72. The molecule has 1 aliphatic rings. The van der Waals surface area contributed by atoms with E-state index in [0.717, 1.165) is 47.5 Å². The van der Waals surface area contributed by atoms with Gasteiger partial charge in [-0.05, 0) is 30.9 Å². The maximum absolute atomic E-state index is 12.1. The molecular weight excluding hydrogens is 376 g/mol. The zero-order valence-electron chi connectivity index (χ0n) is 16.5. The number of carbonyl (C=O) groups excluding carboxylic acids is 1. The predicted octanol–water partition coefficient (Wildman–Crippen LogP) is 2.39. The molecule has 2 heterocycles. The van der Waals surface area contributed by atoms with Crippen LogP contribution in [0, 0.1) is 0 Å². The van der Waals surface area contributed by atoms with E-state index < -0.39 is 0 Å². The van der Waals surface area contributed by atoms with Crippen LogP contribution < -0.4 is 10.1 Å². The van der Waals surface area contributed by atoms with E-state index >= 15 is 0 Å². The van der Waals surface area contributed by atoms with E-state index in [1.165, 1.54) is 0 Å². The highest BCUT2D eigenvalue weighted by atomic mass is 32.2. The Morgan fingerprint density at radius 3 is 3.00 bits per heavy atom. The van der Waals surface area contributed by atoms with Crippen molar-refractivity contribution in [3.63, 3.8) is 0 Å². The van der Waals surface area contributed by atoms with Crippen LogP contribution in [-0.2, 0) is 29.4 Å². The van der Waals surface area contributed by atoms with Gasteiger partial charge in [-0.25, -0.2) is 0 Å². The van der Waals surface area contributed by atoms with E-state index in [0.29, 0.717) is 31.9 Å². The fourth-order valence-electron chi connectivity index (χ4n) is 3.19. The molecule has 1 N–H and O–H groups in total. The quantitative estimate of drug-likeness (QED) is 0.613. The van der Waals surface area contributed by atoms with Gasteiger partial charge >= 0.3 is 0 Å². The van der Waals surface area contributed by atoms with E-state index in [4.69, 9.17) is 9.47 Å². The van der Waals surface area contributed by atoms with E-state index in [2.05, 4.69) is 15.5 Å². The van der Waals surface area contributed by atoms with Crippen LogP contribution in [0.25, 0.3) is 0 Å². The van der Waals surface area contributed by atoms with Gasteiger partial charge in [0.15, 0.2) is 5.16 Å². The Morgan fingerprint density at radius 1 is 1.36 bits per heavy atom. The van der Waals surface area contributed by atoms with Gasteiger partial charge in [-0.1, -0.05) is 30.0 Å². The molecule has 1 aliphatic heterocycles. The van der Waals surface area contributed by atoms with Crippen LogP contribution in [0.2, 0.25) is 0 Å². The van der Waals surface area contributed by atoms with E-state index in [9.17, 15) is 4.79 Å². The van der Waals surface area contributed by atoms with Gasteiger partial charge in [0, 0.05) is 38.8 Å². The lowest BCUT2D eigenvalue weighted by atomic mass is 10.1. The number of ether oxygens (including phenoxy) is 2. The number of carbonyl (C=O) groups is 1. The molecule has 0 radical (unpaired) electrons. The largest absolute Gasteiger partial charge is 0.496 e. The van der Waals surface area contributed by atoms with Gasteiger partial charge < -0.3 is 19.4 Å². The zero-order valence-corrected chi connectivity index (χ0v) is 17.3. The van der Waals surface area contributed by atoms with Crippen molar-refractivity contribution in [2.75, 3.05) is 26.0 Å². The molecule has 2 aromatic rings. The first-order valence-electron chi connectivity index (χ1n) is 9.68. The van der Waals surface area contributed by atoms with Crippen LogP contribution in [0.15, 0.2) is 29.4 Å². The van der Waals surface area contributed by atoms with Crippen molar-refractivity contribution in [1.29, 1.82) is 0 Å². The Kier molecular flexibility index (Phi) is 7.73. The second-order valence-electron chi connectivity index (χ2n) is 6.82. The molecule has 1 aromatic carbocycles. The van der Waals surface area contributed by atoms with Gasteiger partial charge in [-0.3, -0.25) is 4.79 Å². The summed E-state index contributed by atoms with van der Waals surface area (Å²) in [5.74, 6) is 2.63. The Morgan fingerprint density at radius 2 is 2.21 bits per heavy atom. The average Bonchev–Trinajstić information content (AvgIpc) is 3.35. The standard InChI is InChI=1S/C20H28N4O3S/c1-24-18(22-23-20(24)28-14-16-7-5-13-27-16)11-12-21-19(25)10-9-15-6-3-4-8-17(15)26-2/h3-4,6,8,16H,5,7,9-14H2,1-2H3,(H,21,25)/t16-/m1/s1. The maximum Gasteiger partial charge on any atom is 0.220 e. The minimum absolute atomic E-state index is 0.0288. The highest BCUT2D eigenvalue weighted by Crippen LogP contribution is 2.22. The fraction of sp³-hybridized carbons (Fsp3) is 0.550. The van der Waals surface area contributed by atoms with Gasteiger partial charge in [-0.15, -0.1) is 10.2 Å². The number of nitrogens with one attached hydrogen (secondary N) is 1. The van der Waals surface area contributed by atoms with Gasteiger partial charge in [0.05, 0.1) is 13.2 Å². The first kappa shape index (κ1) is 20.7. The number of aromatic nitrogens is 3. The number of hydrogen-bond acceptors (Lipinski definition) is 6. The lowest BCUT2D eigenvalue weighted by Gasteiger charge is -2.09. The third-order valence-electron chi connectivity index (χ3n) is 4.83. The molecular formula is C20H28N4O3S. The second-order valence-corrected chi connectivity index (χ2v) is 7.80. The van der Waals surface area contributed by atoms with Crippen LogP contribution in [0.3, 0.4) is 0 Å². The Labute approximate surface area is 170 Å². The molecule has 152 valence electrons. The number of thioether (sulfide) groups is 1. The Hall–Kier alpha value is -2.06. The first-order valence-corrected chi connectivity index (χ1v) is 10.7. The molecule has 0 spiro atoms.